The van der Waals surface area contributed by atoms with Gasteiger partial charge in [0.15, 0.2) is 0 Å². The lowest BCUT2D eigenvalue weighted by Crippen LogP contribution is -2.14. The average molecular weight is 383 g/mol. The van der Waals surface area contributed by atoms with Gasteiger partial charge in [-0.15, -0.1) is 0 Å². The second kappa shape index (κ2) is 6.36. The van der Waals surface area contributed by atoms with E-state index in [-0.39, 0.29) is 5.92 Å². The third kappa shape index (κ3) is 3.37. The number of nitrogens with two attached hydrogens (primary N) is 1. The zero-order valence-corrected chi connectivity index (χ0v) is 13.9. The third-order valence-corrected chi connectivity index (χ3v) is 3.64. The molecule has 0 saturated heterocycles. The van der Waals surface area contributed by atoms with Crippen LogP contribution >= 0.6 is 22.6 Å². The first kappa shape index (κ1) is 15.0. The number of nitrogens with zero attached hydrogens (tertiary/aromatic N) is 2. The summed E-state index contributed by atoms with van der Waals surface area (Å²) in [7, 11) is 0. The number of benzene rings is 1. The fourth-order valence-corrected chi connectivity index (χ4v) is 2.08. The summed E-state index contributed by atoms with van der Waals surface area (Å²) in [4.78, 5) is 9.00. The Labute approximate surface area is 132 Å². The van der Waals surface area contributed by atoms with Crippen LogP contribution in [0.4, 0.5) is 17.3 Å². The fraction of sp³-hybridized carbons (Fsp3) is 0.286. The maximum Gasteiger partial charge on any atom is 0.148 e. The highest BCUT2D eigenvalue weighted by Crippen LogP contribution is 2.25. The van der Waals surface area contributed by atoms with Crippen molar-refractivity contribution in [1.29, 1.82) is 0 Å². The fourth-order valence-electron chi connectivity index (χ4n) is 1.72. The van der Waals surface area contributed by atoms with Gasteiger partial charge in [0.1, 0.15) is 17.5 Å². The Balaban J connectivity index is 2.39. The van der Waals surface area contributed by atoms with Crippen LogP contribution in [0.3, 0.4) is 0 Å². The average Bonchev–Trinajstić information content (AvgIpc) is 2.43. The summed E-state index contributed by atoms with van der Waals surface area (Å²) in [6, 6.07) is 8.14. The van der Waals surface area contributed by atoms with E-state index in [4.69, 9.17) is 5.84 Å². The van der Waals surface area contributed by atoms with Gasteiger partial charge in [0.05, 0.1) is 0 Å². The molecule has 0 spiro atoms. The Hall–Kier alpha value is -1.41. The quantitative estimate of drug-likeness (QED) is 0.428. The summed E-state index contributed by atoms with van der Waals surface area (Å²) >= 11 is 2.28. The molecule has 6 heteroatoms. The molecule has 0 bridgehead atoms. The number of rotatable bonds is 4. The first-order chi connectivity index (χ1) is 9.51. The molecule has 5 nitrogen and oxygen atoms in total. The Morgan fingerprint density at radius 1 is 1.10 bits per heavy atom. The maximum atomic E-state index is 5.53. The Morgan fingerprint density at radius 3 is 2.25 bits per heavy atom. The molecule has 0 radical (unpaired) electrons. The smallest absolute Gasteiger partial charge is 0.148 e. The zero-order valence-electron chi connectivity index (χ0n) is 11.7. The van der Waals surface area contributed by atoms with Crippen LogP contribution in [0, 0.1) is 10.5 Å². The number of anilines is 3. The number of hydrogen-bond donors (Lipinski definition) is 3. The minimum Gasteiger partial charge on any atom is -0.340 e. The number of nitrogen functional groups attached to an aromatic ring is 1. The molecule has 1 aromatic heterocycles. The molecule has 0 unspecified atom stereocenters. The molecule has 1 aromatic carbocycles. The van der Waals surface area contributed by atoms with E-state index in [0.717, 1.165) is 22.9 Å². The zero-order chi connectivity index (χ0) is 14.7. The Morgan fingerprint density at radius 2 is 1.70 bits per heavy atom. The van der Waals surface area contributed by atoms with Crippen molar-refractivity contribution >= 4 is 39.9 Å². The van der Waals surface area contributed by atoms with Gasteiger partial charge < -0.3 is 10.7 Å². The summed E-state index contributed by atoms with van der Waals surface area (Å²) < 4.78 is 1.19. The van der Waals surface area contributed by atoms with Crippen molar-refractivity contribution in [3.8, 4) is 0 Å². The van der Waals surface area contributed by atoms with Crippen LogP contribution in [0.25, 0.3) is 0 Å². The molecular weight excluding hydrogens is 365 g/mol. The van der Waals surface area contributed by atoms with Gasteiger partial charge in [-0.05, 0) is 53.8 Å². The van der Waals surface area contributed by atoms with E-state index in [1.165, 1.54) is 3.57 Å². The van der Waals surface area contributed by atoms with Gasteiger partial charge in [0.2, 0.25) is 0 Å². The number of nitrogens with one attached hydrogen (secondary N) is 2. The molecule has 4 N–H and O–H groups in total. The molecule has 20 heavy (non-hydrogen) atoms. The summed E-state index contributed by atoms with van der Waals surface area (Å²) in [6.07, 6.45) is 0. The SMILES string of the molecule is Cc1c(NN)nc(C(C)C)nc1Nc1ccc(I)cc1. The molecule has 0 fully saturated rings. The number of hydrogen-bond acceptors (Lipinski definition) is 5. The molecule has 2 rings (SSSR count). The first-order valence-corrected chi connectivity index (χ1v) is 7.47. The van der Waals surface area contributed by atoms with Crippen molar-refractivity contribution in [1.82, 2.24) is 9.97 Å². The monoisotopic (exact) mass is 383 g/mol. The molecule has 1 heterocycles. The van der Waals surface area contributed by atoms with Gasteiger partial charge in [0, 0.05) is 20.7 Å². The van der Waals surface area contributed by atoms with E-state index in [9.17, 15) is 0 Å². The van der Waals surface area contributed by atoms with Gasteiger partial charge in [-0.1, -0.05) is 13.8 Å². The third-order valence-electron chi connectivity index (χ3n) is 2.92. The van der Waals surface area contributed by atoms with Crippen molar-refractivity contribution in [2.75, 3.05) is 10.7 Å². The second-order valence-electron chi connectivity index (χ2n) is 4.83. The molecular formula is C14H18IN5. The molecule has 0 aliphatic carbocycles. The van der Waals surface area contributed by atoms with Gasteiger partial charge in [-0.3, -0.25) is 0 Å². The maximum absolute atomic E-state index is 5.53. The molecule has 0 atom stereocenters. The van der Waals surface area contributed by atoms with Crippen LogP contribution in [0.15, 0.2) is 24.3 Å². The normalized spacial score (nSPS) is 10.7. The molecule has 2 aromatic rings. The van der Waals surface area contributed by atoms with Crippen LogP contribution in [0.5, 0.6) is 0 Å². The highest BCUT2D eigenvalue weighted by atomic mass is 127. The second-order valence-corrected chi connectivity index (χ2v) is 6.08. The van der Waals surface area contributed by atoms with Crippen molar-refractivity contribution in [3.05, 3.63) is 39.2 Å². The van der Waals surface area contributed by atoms with E-state index in [1.54, 1.807) is 0 Å². The van der Waals surface area contributed by atoms with Gasteiger partial charge in [0.25, 0.3) is 0 Å². The van der Waals surface area contributed by atoms with Crippen LogP contribution in [0.1, 0.15) is 31.2 Å². The lowest BCUT2D eigenvalue weighted by molar-refractivity contribution is 0.774. The number of halogens is 1. The summed E-state index contributed by atoms with van der Waals surface area (Å²) in [6.45, 7) is 6.05. The minimum absolute atomic E-state index is 0.236. The topological polar surface area (TPSA) is 75.9 Å². The Kier molecular flexibility index (Phi) is 4.77. The van der Waals surface area contributed by atoms with Crippen molar-refractivity contribution in [2.24, 2.45) is 5.84 Å². The summed E-state index contributed by atoms with van der Waals surface area (Å²) in [5.41, 5.74) is 4.52. The molecule has 106 valence electrons. The van der Waals surface area contributed by atoms with Crippen LogP contribution < -0.4 is 16.6 Å². The first-order valence-electron chi connectivity index (χ1n) is 6.39. The highest BCUT2D eigenvalue weighted by molar-refractivity contribution is 14.1. The lowest BCUT2D eigenvalue weighted by Gasteiger charge is -2.15. The van der Waals surface area contributed by atoms with Gasteiger partial charge >= 0.3 is 0 Å². The summed E-state index contributed by atoms with van der Waals surface area (Å²) in [5, 5.41) is 3.32. The van der Waals surface area contributed by atoms with Crippen molar-refractivity contribution in [3.63, 3.8) is 0 Å². The number of hydrazine groups is 1. The van der Waals surface area contributed by atoms with Crippen LogP contribution in [0.2, 0.25) is 0 Å². The Bertz CT molecular complexity index is 595. The van der Waals surface area contributed by atoms with Gasteiger partial charge in [-0.25, -0.2) is 15.8 Å². The standard InChI is InChI=1S/C14H18IN5/c1-8(2)12-18-13(9(3)14(19-12)20-16)17-11-6-4-10(15)5-7-11/h4-8H,16H2,1-3H3,(H2,17,18,19,20). The van der Waals surface area contributed by atoms with Crippen molar-refractivity contribution < 1.29 is 0 Å². The van der Waals surface area contributed by atoms with E-state index in [1.807, 2.05) is 31.2 Å². The minimum atomic E-state index is 0.236. The van der Waals surface area contributed by atoms with E-state index in [0.29, 0.717) is 5.82 Å². The largest absolute Gasteiger partial charge is 0.340 e. The van der Waals surface area contributed by atoms with Crippen LogP contribution in [-0.4, -0.2) is 9.97 Å². The van der Waals surface area contributed by atoms with E-state index < -0.39 is 0 Å². The van der Waals surface area contributed by atoms with Gasteiger partial charge in [-0.2, -0.15) is 0 Å². The number of aromatic nitrogens is 2. The molecule has 0 amide bonds. The molecule has 0 aliphatic rings. The van der Waals surface area contributed by atoms with E-state index >= 15 is 0 Å². The predicted molar refractivity (Wildman–Crippen MR) is 91.1 cm³/mol. The lowest BCUT2D eigenvalue weighted by atomic mass is 10.2. The summed E-state index contributed by atoms with van der Waals surface area (Å²) in [5.74, 6) is 7.96. The van der Waals surface area contributed by atoms with Crippen molar-refractivity contribution in [2.45, 2.75) is 26.7 Å². The predicted octanol–water partition coefficient (Wildman–Crippen LogP) is 3.54. The van der Waals surface area contributed by atoms with Crippen LogP contribution in [-0.2, 0) is 0 Å². The molecule has 0 aliphatic heterocycles. The highest BCUT2D eigenvalue weighted by Gasteiger charge is 2.12. The molecule has 0 saturated carbocycles. The van der Waals surface area contributed by atoms with E-state index in [2.05, 4.69) is 57.1 Å².